The van der Waals surface area contributed by atoms with Gasteiger partial charge < -0.3 is 34.8 Å². The van der Waals surface area contributed by atoms with Gasteiger partial charge in [0.2, 0.25) is 0 Å². The Bertz CT molecular complexity index is 1230. The first-order valence-electron chi connectivity index (χ1n) is 8.79. The van der Waals surface area contributed by atoms with Crippen LogP contribution in [0.3, 0.4) is 0 Å². The summed E-state index contributed by atoms with van der Waals surface area (Å²) in [7, 11) is -16.6. The minimum absolute atomic E-state index is 0.0841. The summed E-state index contributed by atoms with van der Waals surface area (Å²) >= 11 is 0. The van der Waals surface area contributed by atoms with Gasteiger partial charge in [0.15, 0.2) is 11.5 Å². The third-order valence-electron chi connectivity index (χ3n) is 4.11. The summed E-state index contributed by atoms with van der Waals surface area (Å²) in [6.45, 7) is -1.20. The lowest BCUT2D eigenvalue weighted by Gasteiger charge is -2.20. The summed E-state index contributed by atoms with van der Waals surface area (Å²) in [4.78, 5) is 50.6. The fraction of sp³-hybridized carbons (Fsp3) is 0.545. The van der Waals surface area contributed by atoms with Gasteiger partial charge in [-0.15, -0.1) is 0 Å². The number of hydrogen-bond donors (Lipinski definition) is 5. The molecule has 23 heteroatoms. The molecule has 20 nitrogen and oxygen atoms in total. The molecule has 0 aromatic carbocycles. The maximum absolute atomic E-state index is 12.0. The molecule has 1 saturated heterocycles. The van der Waals surface area contributed by atoms with Crippen molar-refractivity contribution in [1.82, 2.24) is 19.5 Å². The van der Waals surface area contributed by atoms with Crippen molar-refractivity contribution in [2.45, 2.75) is 24.9 Å². The molecule has 3 rings (SSSR count). The Hall–Kier alpha value is -2.01. The lowest BCUT2D eigenvalue weighted by Crippen LogP contribution is -2.29. The molecule has 2 aromatic rings. The average molecular weight is 546 g/mol. The van der Waals surface area contributed by atoms with Crippen molar-refractivity contribution in [3.8, 4) is 0 Å². The second-order valence-corrected chi connectivity index (χ2v) is 10.8. The van der Waals surface area contributed by atoms with Crippen molar-refractivity contribution in [3.05, 3.63) is 23.1 Å². The highest BCUT2D eigenvalue weighted by Crippen LogP contribution is 2.66. The maximum atomic E-state index is 12.0. The second-order valence-electron chi connectivity index (χ2n) is 6.40. The Balaban J connectivity index is 1.73. The number of ether oxygens (including phenoxy) is 2. The number of nitrogens with two attached hydrogens (primary N) is 1. The van der Waals surface area contributed by atoms with E-state index in [1.54, 1.807) is 0 Å². The molecule has 0 spiro atoms. The third kappa shape index (κ3) is 7.00. The van der Waals surface area contributed by atoms with Crippen molar-refractivity contribution in [1.29, 1.82) is 0 Å². The highest BCUT2D eigenvalue weighted by Gasteiger charge is 2.43. The predicted octanol–water partition coefficient (Wildman–Crippen LogP) is 0.692. The Morgan fingerprint density at radius 1 is 1.21 bits per heavy atom. The van der Waals surface area contributed by atoms with E-state index in [2.05, 4.69) is 38.1 Å². The number of hydrogen-bond acceptors (Lipinski definition) is 13. The highest BCUT2D eigenvalue weighted by molar-refractivity contribution is 7.66. The molecule has 0 saturated carbocycles. The molecule has 0 amide bonds. The molecule has 1 aliphatic rings. The maximum Gasteiger partial charge on any atom is 0.490 e. The minimum atomic E-state index is -5.68. The zero-order valence-corrected chi connectivity index (χ0v) is 19.3. The SMILES string of the molecule is [N-]=[N+]=NCO[C@@H]1C[C@H](n2cnc3c(N)ncnc32)OC1COP(=O)(O)OP(=O)(O)OP(=O)(O)O. The van der Waals surface area contributed by atoms with E-state index in [4.69, 9.17) is 30.5 Å². The summed E-state index contributed by atoms with van der Waals surface area (Å²) in [6, 6.07) is 0. The number of phosphoric ester groups is 1. The molecule has 3 unspecified atom stereocenters. The number of imidazole rings is 1. The quantitative estimate of drug-likeness (QED) is 0.112. The fourth-order valence-electron chi connectivity index (χ4n) is 2.90. The Labute approximate surface area is 188 Å². The van der Waals surface area contributed by atoms with Gasteiger partial charge in [0.25, 0.3) is 0 Å². The molecule has 1 aliphatic heterocycles. The van der Waals surface area contributed by atoms with Gasteiger partial charge >= 0.3 is 23.5 Å². The van der Waals surface area contributed by atoms with E-state index in [9.17, 15) is 23.5 Å². The van der Waals surface area contributed by atoms with E-state index in [0.29, 0.717) is 5.65 Å². The molecule has 34 heavy (non-hydrogen) atoms. The largest absolute Gasteiger partial charge is 0.490 e. The van der Waals surface area contributed by atoms with Crippen LogP contribution in [0.1, 0.15) is 12.6 Å². The summed E-state index contributed by atoms with van der Waals surface area (Å²) in [6.07, 6.45) is -0.187. The summed E-state index contributed by atoms with van der Waals surface area (Å²) in [5.41, 5.74) is 14.8. The van der Waals surface area contributed by atoms with E-state index >= 15 is 0 Å². The Kier molecular flexibility index (Phi) is 8.07. The summed E-state index contributed by atoms with van der Waals surface area (Å²) in [5.74, 6) is 0.113. The Morgan fingerprint density at radius 2 is 1.94 bits per heavy atom. The van der Waals surface area contributed by atoms with Crippen molar-refractivity contribution >= 4 is 40.4 Å². The first kappa shape index (κ1) is 26.6. The lowest BCUT2D eigenvalue weighted by atomic mass is 10.2. The van der Waals surface area contributed by atoms with Crippen molar-refractivity contribution in [2.24, 2.45) is 5.11 Å². The second kappa shape index (κ2) is 10.3. The van der Waals surface area contributed by atoms with Crippen LogP contribution in [-0.2, 0) is 36.3 Å². The van der Waals surface area contributed by atoms with Crippen LogP contribution in [0.4, 0.5) is 5.82 Å². The average Bonchev–Trinajstić information content (AvgIpc) is 3.28. The number of azide groups is 1. The normalized spacial score (nSPS) is 24.4. The van der Waals surface area contributed by atoms with Crippen LogP contribution >= 0.6 is 23.5 Å². The molecule has 3 heterocycles. The third-order valence-corrected chi connectivity index (χ3v) is 7.91. The van der Waals surface area contributed by atoms with Crippen LogP contribution < -0.4 is 5.73 Å². The molecular weight excluding hydrogens is 529 g/mol. The molecule has 0 radical (unpaired) electrons. The molecule has 188 valence electrons. The number of nitrogen functional groups attached to an aromatic ring is 1. The zero-order chi connectivity index (χ0) is 25.1. The van der Waals surface area contributed by atoms with Crippen LogP contribution in [0.2, 0.25) is 0 Å². The van der Waals surface area contributed by atoms with Gasteiger partial charge in [-0.1, -0.05) is 5.11 Å². The first-order chi connectivity index (χ1) is 15.8. The Morgan fingerprint density at radius 3 is 2.62 bits per heavy atom. The minimum Gasteiger partial charge on any atom is -0.382 e. The van der Waals surface area contributed by atoms with Gasteiger partial charge in [0, 0.05) is 11.3 Å². The topological polar surface area (TPSA) is 297 Å². The van der Waals surface area contributed by atoms with Crippen LogP contribution in [0.15, 0.2) is 17.8 Å². The molecule has 6 N–H and O–H groups in total. The smallest absolute Gasteiger partial charge is 0.382 e. The number of anilines is 1. The van der Waals surface area contributed by atoms with Gasteiger partial charge in [-0.3, -0.25) is 9.09 Å². The van der Waals surface area contributed by atoms with Crippen LogP contribution in [-0.4, -0.2) is 64.6 Å². The van der Waals surface area contributed by atoms with Crippen molar-refractivity contribution in [3.63, 3.8) is 0 Å². The van der Waals surface area contributed by atoms with E-state index in [1.165, 1.54) is 17.2 Å². The highest BCUT2D eigenvalue weighted by atomic mass is 31.3. The van der Waals surface area contributed by atoms with Gasteiger partial charge in [-0.2, -0.15) is 8.62 Å². The summed E-state index contributed by atoms with van der Waals surface area (Å²) < 4.78 is 58.7. The van der Waals surface area contributed by atoms with Gasteiger partial charge in [-0.05, 0) is 5.53 Å². The molecule has 1 fully saturated rings. The zero-order valence-electron chi connectivity index (χ0n) is 16.6. The van der Waals surface area contributed by atoms with Gasteiger partial charge in [0.05, 0.1) is 19.0 Å². The molecule has 2 aromatic heterocycles. The fourth-order valence-corrected chi connectivity index (χ4v) is 5.93. The van der Waals surface area contributed by atoms with Crippen LogP contribution in [0.5, 0.6) is 0 Å². The van der Waals surface area contributed by atoms with E-state index in [1.807, 2.05) is 0 Å². The van der Waals surface area contributed by atoms with E-state index in [0.717, 1.165) is 0 Å². The standard InChI is InChI=1S/C11H17N8O12P3/c12-10-9-11(15-3-14-10)19(4-16-9)8-1-6(27-5-17-18-13)7(29-8)2-28-33(23,24)31-34(25,26)30-32(20,21)22/h3-4,6-8H,1-2,5H2,(H,23,24)(H,25,26)(H2,12,14,15)(H2,20,21,22)/t6-,7?,8-/m1/s1. The van der Waals surface area contributed by atoms with E-state index in [-0.39, 0.29) is 17.8 Å². The summed E-state index contributed by atoms with van der Waals surface area (Å²) in [5, 5.41) is 3.23. The predicted molar refractivity (Wildman–Crippen MR) is 107 cm³/mol. The van der Waals surface area contributed by atoms with Gasteiger partial charge in [-0.25, -0.2) is 28.6 Å². The number of rotatable bonds is 11. The van der Waals surface area contributed by atoms with Crippen molar-refractivity contribution < 1.29 is 55.9 Å². The molecule has 5 atom stereocenters. The van der Waals surface area contributed by atoms with Crippen molar-refractivity contribution in [2.75, 3.05) is 19.1 Å². The van der Waals surface area contributed by atoms with Crippen LogP contribution in [0, 0.1) is 0 Å². The molecule has 0 aliphatic carbocycles. The molecular formula is C11H17N8O12P3. The number of phosphoric acid groups is 3. The van der Waals surface area contributed by atoms with Crippen LogP contribution in [0.25, 0.3) is 21.6 Å². The first-order valence-corrected chi connectivity index (χ1v) is 13.3. The monoisotopic (exact) mass is 546 g/mol. The molecule has 0 bridgehead atoms. The number of aromatic nitrogens is 4. The number of fused-ring (bicyclic) bond motifs is 1. The lowest BCUT2D eigenvalue weighted by molar-refractivity contribution is -0.0583. The van der Waals surface area contributed by atoms with Gasteiger partial charge in [0.1, 0.15) is 30.9 Å². The number of nitrogens with zero attached hydrogens (tertiary/aromatic N) is 7. The van der Waals surface area contributed by atoms with E-state index < -0.39 is 55.2 Å².